The molecule has 1 N–H and O–H groups in total. The lowest BCUT2D eigenvalue weighted by Crippen LogP contribution is -2.48. The molecular formula is C28H39N3O6S. The first-order valence-electron chi connectivity index (χ1n) is 13.0. The monoisotopic (exact) mass is 545 g/mol. The van der Waals surface area contributed by atoms with Crippen LogP contribution < -0.4 is 10.1 Å². The molecule has 1 aliphatic heterocycles. The topological polar surface area (TPSA) is 105 Å². The van der Waals surface area contributed by atoms with Crippen LogP contribution in [0.15, 0.2) is 53.4 Å². The van der Waals surface area contributed by atoms with Crippen LogP contribution >= 0.6 is 0 Å². The molecule has 0 spiro atoms. The van der Waals surface area contributed by atoms with E-state index in [1.54, 1.807) is 50.3 Å². The van der Waals surface area contributed by atoms with E-state index in [9.17, 15) is 18.0 Å². The zero-order chi connectivity index (χ0) is 27.5. The molecule has 0 unspecified atom stereocenters. The Bertz CT molecular complexity index is 1150. The molecule has 0 saturated carbocycles. The van der Waals surface area contributed by atoms with Crippen LogP contribution in [0, 0.1) is 0 Å². The summed E-state index contributed by atoms with van der Waals surface area (Å²) < 4.78 is 37.3. The number of sulfonamides is 1. The second-order valence-corrected chi connectivity index (χ2v) is 11.4. The molecule has 2 aromatic rings. The maximum Gasteiger partial charge on any atom is 0.243 e. The lowest BCUT2D eigenvalue weighted by molar-refractivity contribution is -0.140. The minimum Gasteiger partial charge on any atom is -0.497 e. The number of aryl methyl sites for hydroxylation is 1. The third kappa shape index (κ3) is 8.02. The summed E-state index contributed by atoms with van der Waals surface area (Å²) in [6, 6.07) is 13.5. The summed E-state index contributed by atoms with van der Waals surface area (Å²) in [5.74, 6) is 0.333. The summed E-state index contributed by atoms with van der Waals surface area (Å²) >= 11 is 0. The Labute approximate surface area is 226 Å². The van der Waals surface area contributed by atoms with Gasteiger partial charge in [-0.15, -0.1) is 0 Å². The molecule has 2 amide bonds. The Morgan fingerprint density at radius 2 is 1.63 bits per heavy atom. The molecule has 1 atom stereocenters. The van der Waals surface area contributed by atoms with E-state index >= 15 is 0 Å². The van der Waals surface area contributed by atoms with Crippen molar-refractivity contribution < 1.29 is 27.5 Å². The molecule has 0 aromatic heterocycles. The summed E-state index contributed by atoms with van der Waals surface area (Å²) in [5, 5.41) is 2.88. The highest BCUT2D eigenvalue weighted by Crippen LogP contribution is 2.22. The lowest BCUT2D eigenvalue weighted by Gasteiger charge is -2.29. The number of nitrogens with one attached hydrogen (secondary N) is 1. The van der Waals surface area contributed by atoms with E-state index in [0.29, 0.717) is 44.8 Å². The molecule has 0 radical (unpaired) electrons. The van der Waals surface area contributed by atoms with E-state index in [1.165, 1.54) is 4.31 Å². The molecule has 1 heterocycles. The second-order valence-electron chi connectivity index (χ2n) is 9.44. The number of nitrogens with zero attached hydrogens (tertiary/aromatic N) is 2. The van der Waals surface area contributed by atoms with Gasteiger partial charge < -0.3 is 19.7 Å². The number of benzene rings is 2. The molecular weight excluding hydrogens is 506 g/mol. The highest BCUT2D eigenvalue weighted by atomic mass is 32.2. The molecule has 38 heavy (non-hydrogen) atoms. The Kier molecular flexibility index (Phi) is 11.1. The molecule has 0 bridgehead atoms. The van der Waals surface area contributed by atoms with E-state index < -0.39 is 16.1 Å². The first kappa shape index (κ1) is 29.6. The molecule has 10 heteroatoms. The quantitative estimate of drug-likeness (QED) is 0.366. The molecule has 9 nitrogen and oxygen atoms in total. The van der Waals surface area contributed by atoms with Crippen molar-refractivity contribution in [3.05, 3.63) is 59.7 Å². The summed E-state index contributed by atoms with van der Waals surface area (Å²) in [7, 11) is -0.272. The van der Waals surface area contributed by atoms with Gasteiger partial charge in [0.2, 0.25) is 21.8 Å². The van der Waals surface area contributed by atoms with Gasteiger partial charge in [-0.05, 0) is 68.0 Å². The van der Waals surface area contributed by atoms with E-state index in [-0.39, 0.29) is 29.7 Å². The Morgan fingerprint density at radius 1 is 1.00 bits per heavy atom. The fourth-order valence-electron chi connectivity index (χ4n) is 4.39. The van der Waals surface area contributed by atoms with Gasteiger partial charge in [0.05, 0.1) is 12.0 Å². The molecule has 0 aliphatic carbocycles. The van der Waals surface area contributed by atoms with Crippen molar-refractivity contribution in [2.75, 3.05) is 40.5 Å². The highest BCUT2D eigenvalue weighted by molar-refractivity contribution is 7.89. The van der Waals surface area contributed by atoms with E-state index in [1.807, 2.05) is 24.3 Å². The minimum absolute atomic E-state index is 0.158. The summed E-state index contributed by atoms with van der Waals surface area (Å²) in [6.07, 6.45) is 3.08. The number of ether oxygens (including phenoxy) is 2. The van der Waals surface area contributed by atoms with Crippen molar-refractivity contribution in [1.82, 2.24) is 14.5 Å². The van der Waals surface area contributed by atoms with Gasteiger partial charge in [0.1, 0.15) is 11.8 Å². The summed E-state index contributed by atoms with van der Waals surface area (Å²) in [5.41, 5.74) is 1.74. The van der Waals surface area contributed by atoms with Crippen LogP contribution in [-0.4, -0.2) is 75.9 Å². The van der Waals surface area contributed by atoms with Crippen LogP contribution in [-0.2, 0) is 37.3 Å². The maximum absolute atomic E-state index is 13.4. The van der Waals surface area contributed by atoms with Crippen LogP contribution in [0.2, 0.25) is 0 Å². The highest BCUT2D eigenvalue weighted by Gasteiger charge is 2.28. The standard InChI is InChI=1S/C28H39N3O6S/c1-22(28(33)29-17-6-20-36-2)31(21-24-7-12-25(37-3)13-8-24)27(32)16-11-23-9-14-26(15-10-23)38(34,35)30-18-4-5-19-30/h7-10,12-15,22H,4-6,11,16-21H2,1-3H3,(H,29,33)/t22-/m1/s1. The van der Waals surface area contributed by atoms with E-state index in [4.69, 9.17) is 9.47 Å². The zero-order valence-electron chi connectivity index (χ0n) is 22.5. The first-order chi connectivity index (χ1) is 18.3. The Balaban J connectivity index is 1.67. The van der Waals surface area contributed by atoms with Gasteiger partial charge in [-0.2, -0.15) is 4.31 Å². The summed E-state index contributed by atoms with van der Waals surface area (Å²) in [6.45, 7) is 4.13. The number of hydrogen-bond donors (Lipinski definition) is 1. The van der Waals surface area contributed by atoms with Crippen LogP contribution in [0.4, 0.5) is 0 Å². The van der Waals surface area contributed by atoms with Crippen molar-refractivity contribution in [3.63, 3.8) is 0 Å². The Hall–Kier alpha value is -2.95. The smallest absolute Gasteiger partial charge is 0.243 e. The minimum atomic E-state index is -3.48. The van der Waals surface area contributed by atoms with Crippen molar-refractivity contribution >= 4 is 21.8 Å². The fraction of sp³-hybridized carbons (Fsp3) is 0.500. The number of methoxy groups -OCH3 is 2. The van der Waals surface area contributed by atoms with Crippen molar-refractivity contribution in [2.45, 2.75) is 56.5 Å². The third-order valence-electron chi connectivity index (χ3n) is 6.76. The van der Waals surface area contributed by atoms with Gasteiger partial charge in [-0.1, -0.05) is 24.3 Å². The van der Waals surface area contributed by atoms with Crippen LogP contribution in [0.1, 0.15) is 43.7 Å². The number of rotatable bonds is 14. The van der Waals surface area contributed by atoms with Gasteiger partial charge in [0.25, 0.3) is 0 Å². The van der Waals surface area contributed by atoms with Crippen molar-refractivity contribution in [2.24, 2.45) is 0 Å². The normalized spacial score (nSPS) is 14.7. The average Bonchev–Trinajstić information content (AvgIpc) is 3.49. The maximum atomic E-state index is 13.4. The zero-order valence-corrected chi connectivity index (χ0v) is 23.3. The molecule has 1 fully saturated rings. The predicted octanol–water partition coefficient (Wildman–Crippen LogP) is 2.98. The third-order valence-corrected chi connectivity index (χ3v) is 8.67. The van der Waals surface area contributed by atoms with Crippen molar-refractivity contribution in [3.8, 4) is 5.75 Å². The van der Waals surface area contributed by atoms with Gasteiger partial charge in [-0.3, -0.25) is 9.59 Å². The molecule has 2 aromatic carbocycles. The summed E-state index contributed by atoms with van der Waals surface area (Å²) in [4.78, 5) is 28.1. The number of amides is 2. The molecule has 1 saturated heterocycles. The van der Waals surface area contributed by atoms with Gasteiger partial charge in [0.15, 0.2) is 0 Å². The predicted molar refractivity (Wildman–Crippen MR) is 145 cm³/mol. The van der Waals surface area contributed by atoms with Crippen LogP contribution in [0.3, 0.4) is 0 Å². The van der Waals surface area contributed by atoms with E-state index in [2.05, 4.69) is 5.32 Å². The van der Waals surface area contributed by atoms with Gasteiger partial charge in [0, 0.05) is 46.3 Å². The van der Waals surface area contributed by atoms with Crippen molar-refractivity contribution in [1.29, 1.82) is 0 Å². The number of hydrogen-bond acceptors (Lipinski definition) is 6. The first-order valence-corrected chi connectivity index (χ1v) is 14.5. The second kappa shape index (κ2) is 14.3. The number of carbonyl (C=O) groups excluding carboxylic acids is 2. The Morgan fingerprint density at radius 3 is 2.24 bits per heavy atom. The SMILES string of the molecule is COCCCNC(=O)[C@@H](C)N(Cc1ccc(OC)cc1)C(=O)CCc1ccc(S(=O)(=O)N2CCCC2)cc1. The largest absolute Gasteiger partial charge is 0.497 e. The van der Waals surface area contributed by atoms with Crippen LogP contribution in [0.25, 0.3) is 0 Å². The number of carbonyl (C=O) groups is 2. The fourth-order valence-corrected chi connectivity index (χ4v) is 5.90. The molecule has 208 valence electrons. The van der Waals surface area contributed by atoms with E-state index in [0.717, 1.165) is 24.0 Å². The molecule has 1 aliphatic rings. The van der Waals surface area contributed by atoms with Crippen LogP contribution in [0.5, 0.6) is 5.75 Å². The van der Waals surface area contributed by atoms with Gasteiger partial charge in [-0.25, -0.2) is 8.42 Å². The average molecular weight is 546 g/mol. The molecule has 3 rings (SSSR count). The lowest BCUT2D eigenvalue weighted by atomic mass is 10.1. The van der Waals surface area contributed by atoms with Gasteiger partial charge >= 0.3 is 0 Å².